The number of hydrogen-bond acceptors (Lipinski definition) is 4. The molecule has 2 aromatic carbocycles. The summed E-state index contributed by atoms with van der Waals surface area (Å²) in [6.45, 7) is 5.90. The van der Waals surface area contributed by atoms with Gasteiger partial charge in [0.1, 0.15) is 10.6 Å². The normalized spacial score (nSPS) is 11.2. The van der Waals surface area contributed by atoms with E-state index in [1.54, 1.807) is 26.0 Å². The van der Waals surface area contributed by atoms with Gasteiger partial charge in [-0.2, -0.15) is 0 Å². The number of benzene rings is 2. The van der Waals surface area contributed by atoms with Crippen LogP contribution in [0.15, 0.2) is 47.4 Å². The minimum atomic E-state index is -3.76. The van der Waals surface area contributed by atoms with Crippen molar-refractivity contribution in [2.45, 2.75) is 25.7 Å². The largest absolute Gasteiger partial charge is 0.492 e. The van der Waals surface area contributed by atoms with Crippen molar-refractivity contribution in [2.75, 3.05) is 18.5 Å². The van der Waals surface area contributed by atoms with E-state index in [0.29, 0.717) is 12.3 Å². The van der Waals surface area contributed by atoms with Crippen molar-refractivity contribution >= 4 is 21.6 Å². The molecule has 0 spiro atoms. The third-order valence-corrected chi connectivity index (χ3v) is 5.09. The Balaban J connectivity index is 2.39. The number of sulfonamides is 1. The summed E-state index contributed by atoms with van der Waals surface area (Å²) >= 11 is 0. The Morgan fingerprint density at radius 1 is 1.12 bits per heavy atom. The summed E-state index contributed by atoms with van der Waals surface area (Å²) in [5.74, 6) is -0.166. The first-order valence-corrected chi connectivity index (χ1v) is 9.50. The fourth-order valence-corrected chi connectivity index (χ4v) is 3.52. The lowest BCUT2D eigenvalue weighted by Crippen LogP contribution is -2.24. The Bertz CT molecular complexity index is 863. The lowest BCUT2D eigenvalue weighted by Gasteiger charge is -2.13. The van der Waals surface area contributed by atoms with E-state index in [9.17, 15) is 13.2 Å². The minimum absolute atomic E-state index is 0.0476. The van der Waals surface area contributed by atoms with Crippen molar-refractivity contribution in [1.29, 1.82) is 0 Å². The van der Waals surface area contributed by atoms with Gasteiger partial charge in [0.05, 0.1) is 6.61 Å². The fourth-order valence-electron chi connectivity index (χ4n) is 2.31. The van der Waals surface area contributed by atoms with E-state index in [-0.39, 0.29) is 28.7 Å². The number of anilines is 1. The Morgan fingerprint density at radius 2 is 1.84 bits per heavy atom. The molecular weight excluding hydrogens is 340 g/mol. The van der Waals surface area contributed by atoms with Crippen LogP contribution in [-0.4, -0.2) is 27.5 Å². The van der Waals surface area contributed by atoms with Crippen LogP contribution in [0.5, 0.6) is 5.75 Å². The number of carbonyl (C=O) groups excluding carboxylic acids is 1. The van der Waals surface area contributed by atoms with E-state index < -0.39 is 10.0 Å². The van der Waals surface area contributed by atoms with E-state index in [2.05, 4.69) is 10.0 Å². The first-order valence-electron chi connectivity index (χ1n) is 8.02. The summed E-state index contributed by atoms with van der Waals surface area (Å²) in [6.07, 6.45) is 0. The molecule has 0 fully saturated rings. The molecule has 0 heterocycles. The fraction of sp³-hybridized carbons (Fsp3) is 0.278. The first kappa shape index (κ1) is 19.0. The predicted octanol–water partition coefficient (Wildman–Crippen LogP) is 2.94. The highest BCUT2D eigenvalue weighted by Gasteiger charge is 2.21. The lowest BCUT2D eigenvalue weighted by molar-refractivity contribution is 0.102. The summed E-state index contributed by atoms with van der Waals surface area (Å²) in [6, 6.07) is 11.7. The maximum Gasteiger partial charge on any atom is 0.255 e. The van der Waals surface area contributed by atoms with Crippen molar-refractivity contribution in [1.82, 2.24) is 4.72 Å². The Labute approximate surface area is 148 Å². The highest BCUT2D eigenvalue weighted by Crippen LogP contribution is 2.26. The zero-order chi connectivity index (χ0) is 18.4. The lowest BCUT2D eigenvalue weighted by atomic mass is 10.1. The van der Waals surface area contributed by atoms with Gasteiger partial charge in [0.2, 0.25) is 10.0 Å². The van der Waals surface area contributed by atoms with Crippen LogP contribution in [0.25, 0.3) is 0 Å². The number of ether oxygens (including phenoxy) is 1. The maximum absolute atomic E-state index is 12.5. The van der Waals surface area contributed by atoms with Crippen LogP contribution in [0.3, 0.4) is 0 Å². The average molecular weight is 362 g/mol. The molecule has 0 aromatic heterocycles. The van der Waals surface area contributed by atoms with Gasteiger partial charge in [-0.25, -0.2) is 13.1 Å². The second-order valence-electron chi connectivity index (χ2n) is 5.36. The molecule has 2 rings (SSSR count). The van der Waals surface area contributed by atoms with Crippen LogP contribution in [0.4, 0.5) is 5.69 Å². The Morgan fingerprint density at radius 3 is 2.48 bits per heavy atom. The summed E-state index contributed by atoms with van der Waals surface area (Å²) < 4.78 is 32.6. The summed E-state index contributed by atoms with van der Waals surface area (Å²) in [4.78, 5) is 12.5. The summed E-state index contributed by atoms with van der Waals surface area (Å²) in [7, 11) is -3.76. The standard InChI is InChI=1S/C18H22N2O4S/c1-4-19-25(22,23)17-12-14(10-11-16(17)24-5-2)18(21)20-15-9-7-6-8-13(15)3/h6-12,19H,4-5H2,1-3H3,(H,20,21). The number of nitrogens with one attached hydrogen (secondary N) is 2. The van der Waals surface area contributed by atoms with Crippen LogP contribution in [-0.2, 0) is 10.0 Å². The molecule has 0 atom stereocenters. The maximum atomic E-state index is 12.5. The van der Waals surface area contributed by atoms with Crippen LogP contribution >= 0.6 is 0 Å². The molecule has 6 nitrogen and oxygen atoms in total. The van der Waals surface area contributed by atoms with Gasteiger partial charge < -0.3 is 10.1 Å². The van der Waals surface area contributed by atoms with Crippen molar-refractivity contribution in [2.24, 2.45) is 0 Å². The Hall–Kier alpha value is -2.38. The second-order valence-corrected chi connectivity index (χ2v) is 7.10. The molecule has 0 aliphatic carbocycles. The van der Waals surface area contributed by atoms with Crippen molar-refractivity contribution in [3.8, 4) is 5.75 Å². The molecule has 0 aliphatic heterocycles. The number of hydrogen-bond donors (Lipinski definition) is 2. The third kappa shape index (κ3) is 4.58. The topological polar surface area (TPSA) is 84.5 Å². The number of carbonyl (C=O) groups is 1. The van der Waals surface area contributed by atoms with Gasteiger partial charge in [-0.1, -0.05) is 25.1 Å². The van der Waals surface area contributed by atoms with Crippen LogP contribution < -0.4 is 14.8 Å². The second kappa shape index (κ2) is 8.13. The van der Waals surface area contributed by atoms with E-state index in [1.807, 2.05) is 25.1 Å². The SMILES string of the molecule is CCNS(=O)(=O)c1cc(C(=O)Nc2ccccc2C)ccc1OCC. The molecule has 2 aromatic rings. The summed E-state index contributed by atoms with van der Waals surface area (Å²) in [5.41, 5.74) is 1.84. The monoisotopic (exact) mass is 362 g/mol. The summed E-state index contributed by atoms with van der Waals surface area (Å²) in [5, 5.41) is 2.79. The molecule has 0 radical (unpaired) electrons. The predicted molar refractivity (Wildman–Crippen MR) is 97.6 cm³/mol. The molecule has 0 unspecified atom stereocenters. The van der Waals surface area contributed by atoms with E-state index in [0.717, 1.165) is 5.56 Å². The molecule has 0 bridgehead atoms. The van der Waals surface area contributed by atoms with Crippen molar-refractivity contribution in [3.05, 3.63) is 53.6 Å². The van der Waals surface area contributed by atoms with Gasteiger partial charge in [0.25, 0.3) is 5.91 Å². The molecular formula is C18H22N2O4S. The number of amides is 1. The zero-order valence-corrected chi connectivity index (χ0v) is 15.3. The van der Waals surface area contributed by atoms with Gasteiger partial charge in [0, 0.05) is 17.8 Å². The molecule has 25 heavy (non-hydrogen) atoms. The molecule has 2 N–H and O–H groups in total. The molecule has 7 heteroatoms. The minimum Gasteiger partial charge on any atom is -0.492 e. The van der Waals surface area contributed by atoms with E-state index >= 15 is 0 Å². The molecule has 0 saturated carbocycles. The van der Waals surface area contributed by atoms with Crippen molar-refractivity contribution < 1.29 is 17.9 Å². The van der Waals surface area contributed by atoms with Gasteiger partial charge in [-0.15, -0.1) is 0 Å². The smallest absolute Gasteiger partial charge is 0.255 e. The van der Waals surface area contributed by atoms with E-state index in [1.165, 1.54) is 12.1 Å². The number of para-hydroxylation sites is 1. The molecule has 0 aliphatic rings. The van der Waals surface area contributed by atoms with Crippen LogP contribution in [0.2, 0.25) is 0 Å². The van der Waals surface area contributed by atoms with E-state index in [4.69, 9.17) is 4.74 Å². The van der Waals surface area contributed by atoms with Gasteiger partial charge in [0.15, 0.2) is 0 Å². The van der Waals surface area contributed by atoms with Gasteiger partial charge >= 0.3 is 0 Å². The number of rotatable bonds is 7. The van der Waals surface area contributed by atoms with Crippen LogP contribution in [0, 0.1) is 6.92 Å². The Kier molecular flexibility index (Phi) is 6.17. The van der Waals surface area contributed by atoms with Gasteiger partial charge in [-0.3, -0.25) is 4.79 Å². The molecule has 0 saturated heterocycles. The highest BCUT2D eigenvalue weighted by atomic mass is 32.2. The number of aryl methyl sites for hydroxylation is 1. The molecule has 1 amide bonds. The zero-order valence-electron chi connectivity index (χ0n) is 14.5. The quantitative estimate of drug-likeness (QED) is 0.793. The third-order valence-electron chi connectivity index (χ3n) is 3.52. The highest BCUT2D eigenvalue weighted by molar-refractivity contribution is 7.89. The average Bonchev–Trinajstić information content (AvgIpc) is 2.57. The molecule has 134 valence electrons. The van der Waals surface area contributed by atoms with Crippen molar-refractivity contribution in [3.63, 3.8) is 0 Å². The van der Waals surface area contributed by atoms with Gasteiger partial charge in [-0.05, 0) is 43.7 Å². The first-order chi connectivity index (χ1) is 11.9. The van der Waals surface area contributed by atoms with Crippen LogP contribution in [0.1, 0.15) is 29.8 Å².